The van der Waals surface area contributed by atoms with Gasteiger partial charge in [-0.2, -0.15) is 0 Å². The van der Waals surface area contributed by atoms with Crippen LogP contribution in [0.3, 0.4) is 0 Å². The van der Waals surface area contributed by atoms with Crippen molar-refractivity contribution in [3.05, 3.63) is 16.5 Å². The summed E-state index contributed by atoms with van der Waals surface area (Å²) in [6.45, 7) is 4.05. The van der Waals surface area contributed by atoms with Crippen LogP contribution in [0.2, 0.25) is 0 Å². The van der Waals surface area contributed by atoms with Gasteiger partial charge in [0.2, 0.25) is 0 Å². The van der Waals surface area contributed by atoms with Crippen molar-refractivity contribution < 1.29 is 9.84 Å². The highest BCUT2D eigenvalue weighted by atomic mass is 79.9. The average Bonchev–Trinajstić information content (AvgIpc) is 2.37. The van der Waals surface area contributed by atoms with Gasteiger partial charge in [-0.1, -0.05) is 6.92 Å². The Morgan fingerprint density at radius 1 is 1.59 bits per heavy atom. The van der Waals surface area contributed by atoms with E-state index in [9.17, 15) is 5.11 Å². The number of aliphatic hydroxyl groups is 1. The minimum absolute atomic E-state index is 0.0183. The van der Waals surface area contributed by atoms with Crippen molar-refractivity contribution in [1.82, 2.24) is 9.97 Å². The van der Waals surface area contributed by atoms with Gasteiger partial charge in [0.25, 0.3) is 0 Å². The highest BCUT2D eigenvalue weighted by molar-refractivity contribution is 9.10. The Labute approximate surface area is 109 Å². The number of hydrogen-bond acceptors (Lipinski definition) is 5. The molecule has 1 aromatic rings. The van der Waals surface area contributed by atoms with Crippen LogP contribution in [0, 0.1) is 0 Å². The fraction of sp³-hybridized carbons (Fsp3) is 0.636. The van der Waals surface area contributed by atoms with Gasteiger partial charge >= 0.3 is 0 Å². The number of ether oxygens (including phenoxy) is 1. The summed E-state index contributed by atoms with van der Waals surface area (Å²) >= 11 is 3.39. The average molecular weight is 302 g/mol. The Morgan fingerprint density at radius 3 is 3.12 bits per heavy atom. The third kappa shape index (κ3) is 2.94. The van der Waals surface area contributed by atoms with E-state index >= 15 is 0 Å². The van der Waals surface area contributed by atoms with E-state index in [1.54, 1.807) is 0 Å². The zero-order valence-electron chi connectivity index (χ0n) is 9.77. The van der Waals surface area contributed by atoms with Crippen LogP contribution in [0.1, 0.15) is 12.7 Å². The SMILES string of the molecule is CCc1nc(Br)cc(N2CCOCC2CO)n1. The predicted molar refractivity (Wildman–Crippen MR) is 68.1 cm³/mol. The van der Waals surface area contributed by atoms with Gasteiger partial charge in [0.05, 0.1) is 25.9 Å². The number of rotatable bonds is 3. The van der Waals surface area contributed by atoms with Crippen LogP contribution in [0.15, 0.2) is 10.7 Å². The van der Waals surface area contributed by atoms with Crippen molar-refractivity contribution in [2.45, 2.75) is 19.4 Å². The molecule has 0 amide bonds. The van der Waals surface area contributed by atoms with Gasteiger partial charge in [0.15, 0.2) is 0 Å². The molecule has 1 aliphatic rings. The predicted octanol–water partition coefficient (Wildman–Crippen LogP) is 0.999. The largest absolute Gasteiger partial charge is 0.394 e. The molecule has 0 spiro atoms. The van der Waals surface area contributed by atoms with Gasteiger partial charge in [0, 0.05) is 19.0 Å². The Balaban J connectivity index is 2.27. The molecule has 1 fully saturated rings. The molecule has 1 N–H and O–H groups in total. The van der Waals surface area contributed by atoms with Gasteiger partial charge in [0.1, 0.15) is 16.2 Å². The van der Waals surface area contributed by atoms with Crippen molar-refractivity contribution in [3.63, 3.8) is 0 Å². The summed E-state index contributed by atoms with van der Waals surface area (Å²) in [6.07, 6.45) is 0.792. The maximum absolute atomic E-state index is 9.34. The molecule has 0 radical (unpaired) electrons. The molecule has 5 nitrogen and oxygen atoms in total. The molecule has 2 heterocycles. The second-order valence-electron chi connectivity index (χ2n) is 3.92. The summed E-state index contributed by atoms with van der Waals surface area (Å²) in [4.78, 5) is 10.9. The smallest absolute Gasteiger partial charge is 0.133 e. The van der Waals surface area contributed by atoms with Crippen LogP contribution in [-0.4, -0.2) is 47.5 Å². The maximum Gasteiger partial charge on any atom is 0.133 e. The van der Waals surface area contributed by atoms with E-state index in [4.69, 9.17) is 4.74 Å². The van der Waals surface area contributed by atoms with E-state index in [0.717, 1.165) is 29.2 Å². The number of aliphatic hydroxyl groups excluding tert-OH is 1. The first-order valence-corrected chi connectivity index (χ1v) is 6.52. The Kier molecular flexibility index (Phi) is 4.31. The van der Waals surface area contributed by atoms with Gasteiger partial charge in [-0.05, 0) is 15.9 Å². The van der Waals surface area contributed by atoms with Crippen molar-refractivity contribution in [1.29, 1.82) is 0 Å². The van der Waals surface area contributed by atoms with Crippen LogP contribution < -0.4 is 4.90 Å². The fourth-order valence-corrected chi connectivity index (χ4v) is 2.27. The lowest BCUT2D eigenvalue weighted by atomic mass is 10.2. The number of morpholine rings is 1. The molecule has 0 aliphatic carbocycles. The lowest BCUT2D eigenvalue weighted by Gasteiger charge is -2.35. The number of anilines is 1. The summed E-state index contributed by atoms with van der Waals surface area (Å²) in [6, 6.07) is 1.86. The lowest BCUT2D eigenvalue weighted by Crippen LogP contribution is -2.48. The van der Waals surface area contributed by atoms with Gasteiger partial charge in [-0.15, -0.1) is 0 Å². The number of nitrogens with zero attached hydrogens (tertiary/aromatic N) is 3. The van der Waals surface area contributed by atoms with Crippen LogP contribution in [0.25, 0.3) is 0 Å². The molecule has 0 saturated carbocycles. The Hall–Kier alpha value is -0.720. The lowest BCUT2D eigenvalue weighted by molar-refractivity contribution is 0.0722. The summed E-state index contributed by atoms with van der Waals surface area (Å²) in [5, 5.41) is 9.34. The van der Waals surface area contributed by atoms with Crippen LogP contribution in [0.5, 0.6) is 0 Å². The normalized spacial score (nSPS) is 20.6. The second kappa shape index (κ2) is 5.75. The third-order valence-corrected chi connectivity index (χ3v) is 3.18. The van der Waals surface area contributed by atoms with Crippen molar-refractivity contribution in [2.24, 2.45) is 0 Å². The van der Waals surface area contributed by atoms with E-state index in [2.05, 4.69) is 30.8 Å². The standard InChI is InChI=1S/C11H16BrN3O2/c1-2-10-13-9(12)5-11(14-10)15-3-4-17-7-8(15)6-16/h5,8,16H,2-4,6-7H2,1H3. The molecule has 0 bridgehead atoms. The maximum atomic E-state index is 9.34. The highest BCUT2D eigenvalue weighted by Gasteiger charge is 2.24. The van der Waals surface area contributed by atoms with Gasteiger partial charge < -0.3 is 14.7 Å². The summed E-state index contributed by atoms with van der Waals surface area (Å²) in [7, 11) is 0. The van der Waals surface area contributed by atoms with E-state index < -0.39 is 0 Å². The molecular weight excluding hydrogens is 286 g/mol. The van der Waals surface area contributed by atoms with E-state index in [1.165, 1.54) is 0 Å². The van der Waals surface area contributed by atoms with Crippen molar-refractivity contribution in [2.75, 3.05) is 31.3 Å². The topological polar surface area (TPSA) is 58.5 Å². The zero-order valence-corrected chi connectivity index (χ0v) is 11.4. The van der Waals surface area contributed by atoms with Crippen molar-refractivity contribution in [3.8, 4) is 0 Å². The molecule has 17 heavy (non-hydrogen) atoms. The minimum Gasteiger partial charge on any atom is -0.394 e. The molecule has 94 valence electrons. The summed E-state index contributed by atoms with van der Waals surface area (Å²) in [5.41, 5.74) is 0. The molecule has 1 unspecified atom stereocenters. The number of hydrogen-bond donors (Lipinski definition) is 1. The van der Waals surface area contributed by atoms with E-state index in [-0.39, 0.29) is 12.6 Å². The molecule has 1 aromatic heterocycles. The number of aryl methyl sites for hydroxylation is 1. The molecular formula is C11H16BrN3O2. The highest BCUT2D eigenvalue weighted by Crippen LogP contribution is 2.20. The molecule has 1 saturated heterocycles. The summed E-state index contributed by atoms with van der Waals surface area (Å²) in [5.74, 6) is 1.66. The first kappa shape index (κ1) is 12.7. The van der Waals surface area contributed by atoms with Crippen LogP contribution in [-0.2, 0) is 11.2 Å². The quantitative estimate of drug-likeness (QED) is 0.844. The Morgan fingerprint density at radius 2 is 2.41 bits per heavy atom. The molecule has 1 atom stereocenters. The van der Waals surface area contributed by atoms with Crippen LogP contribution in [0.4, 0.5) is 5.82 Å². The zero-order chi connectivity index (χ0) is 12.3. The molecule has 2 rings (SSSR count). The molecule has 1 aliphatic heterocycles. The van der Waals surface area contributed by atoms with E-state index in [1.807, 2.05) is 13.0 Å². The number of aromatic nitrogens is 2. The first-order chi connectivity index (χ1) is 8.24. The first-order valence-electron chi connectivity index (χ1n) is 5.73. The fourth-order valence-electron chi connectivity index (χ4n) is 1.86. The molecule has 6 heteroatoms. The monoisotopic (exact) mass is 301 g/mol. The van der Waals surface area contributed by atoms with Gasteiger partial charge in [-0.25, -0.2) is 9.97 Å². The number of halogens is 1. The van der Waals surface area contributed by atoms with Crippen LogP contribution >= 0.6 is 15.9 Å². The van der Waals surface area contributed by atoms with Gasteiger partial charge in [-0.3, -0.25) is 0 Å². The third-order valence-electron chi connectivity index (χ3n) is 2.78. The minimum atomic E-state index is -0.0183. The second-order valence-corrected chi connectivity index (χ2v) is 4.74. The molecule has 0 aromatic carbocycles. The summed E-state index contributed by atoms with van der Waals surface area (Å²) < 4.78 is 6.13. The van der Waals surface area contributed by atoms with E-state index in [0.29, 0.717) is 13.2 Å². The van der Waals surface area contributed by atoms with Crippen molar-refractivity contribution >= 4 is 21.7 Å². The Bertz CT molecular complexity index is 389.